The molecule has 0 aliphatic heterocycles. The number of thiazole rings is 1. The van der Waals surface area contributed by atoms with Crippen molar-refractivity contribution in [2.24, 2.45) is 5.16 Å². The minimum absolute atomic E-state index is 0.250. The number of carbonyl (C=O) groups excluding carboxylic acids is 1. The molecular formula is C32H37N3O5S. The predicted molar refractivity (Wildman–Crippen MR) is 164 cm³/mol. The maximum atomic E-state index is 11.9. The molecule has 8 nitrogen and oxygen atoms in total. The number of anilines is 1. The van der Waals surface area contributed by atoms with Crippen LogP contribution < -0.4 is 5.73 Å². The van der Waals surface area contributed by atoms with Gasteiger partial charge in [-0.15, -0.1) is 11.3 Å². The number of oxime groups is 1. The van der Waals surface area contributed by atoms with E-state index in [1.807, 2.05) is 0 Å². The second-order valence-corrected chi connectivity index (χ2v) is 11.1. The van der Waals surface area contributed by atoms with Gasteiger partial charge in [-0.2, -0.15) is 0 Å². The van der Waals surface area contributed by atoms with E-state index in [2.05, 4.69) is 101 Å². The first-order valence-electron chi connectivity index (χ1n) is 12.9. The zero-order chi connectivity index (χ0) is 30.3. The highest BCUT2D eigenvalue weighted by Gasteiger charge is 2.35. The molecule has 0 aliphatic rings. The van der Waals surface area contributed by atoms with Crippen LogP contribution in [0, 0.1) is 0 Å². The van der Waals surface area contributed by atoms with Gasteiger partial charge in [0.25, 0.3) is 6.47 Å². The van der Waals surface area contributed by atoms with Crippen molar-refractivity contribution in [3.8, 4) is 0 Å². The number of nitrogens with two attached hydrogens (primary N) is 1. The molecule has 3 aromatic carbocycles. The van der Waals surface area contributed by atoms with Crippen molar-refractivity contribution in [2.45, 2.75) is 51.7 Å². The number of ether oxygens (including phenoxy) is 1. The maximum absolute atomic E-state index is 11.9. The van der Waals surface area contributed by atoms with Crippen molar-refractivity contribution in [3.05, 3.63) is 119 Å². The second kappa shape index (κ2) is 15.9. The van der Waals surface area contributed by atoms with Crippen molar-refractivity contribution in [1.82, 2.24) is 4.98 Å². The van der Waals surface area contributed by atoms with Crippen molar-refractivity contribution < 1.29 is 24.3 Å². The Morgan fingerprint density at radius 2 is 1.29 bits per heavy atom. The molecule has 0 radical (unpaired) electrons. The van der Waals surface area contributed by atoms with Gasteiger partial charge >= 0.3 is 5.97 Å². The minimum Gasteiger partial charge on any atom is -0.483 e. The summed E-state index contributed by atoms with van der Waals surface area (Å²) < 4.78 is 5.24. The van der Waals surface area contributed by atoms with Crippen LogP contribution in [0.2, 0.25) is 0 Å². The van der Waals surface area contributed by atoms with Gasteiger partial charge in [-0.25, -0.2) is 9.78 Å². The molecule has 1 heterocycles. The molecule has 3 N–H and O–H groups in total. The molecule has 4 aromatic rings. The van der Waals surface area contributed by atoms with Crippen LogP contribution in [0.25, 0.3) is 0 Å². The van der Waals surface area contributed by atoms with Crippen molar-refractivity contribution >= 4 is 35.1 Å². The number of carbonyl (C=O) groups is 2. The molecule has 0 saturated heterocycles. The van der Waals surface area contributed by atoms with Crippen molar-refractivity contribution in [1.29, 1.82) is 0 Å². The lowest BCUT2D eigenvalue weighted by molar-refractivity contribution is -0.179. The Labute approximate surface area is 245 Å². The summed E-state index contributed by atoms with van der Waals surface area (Å²) in [7, 11) is 0. The average molecular weight is 576 g/mol. The Hall–Kier alpha value is -4.50. The third-order valence-corrected chi connectivity index (χ3v) is 5.99. The summed E-state index contributed by atoms with van der Waals surface area (Å²) in [5.41, 5.74) is 8.34. The molecule has 1 aromatic heterocycles. The maximum Gasteiger partial charge on any atom is 0.353 e. The molecule has 41 heavy (non-hydrogen) atoms. The lowest BCUT2D eigenvalue weighted by atomic mass is 9.85. The van der Waals surface area contributed by atoms with Crippen LogP contribution in [0.3, 0.4) is 0 Å². The van der Waals surface area contributed by atoms with Crippen LogP contribution in [-0.2, 0) is 19.2 Å². The van der Waals surface area contributed by atoms with Gasteiger partial charge in [0.1, 0.15) is 5.60 Å². The van der Waals surface area contributed by atoms with Gasteiger partial charge < -0.3 is 20.4 Å². The highest BCUT2D eigenvalue weighted by molar-refractivity contribution is 7.13. The quantitative estimate of drug-likeness (QED) is 0.0820. The van der Waals surface area contributed by atoms with Crippen LogP contribution in [0.15, 0.2) is 102 Å². The van der Waals surface area contributed by atoms with E-state index in [4.69, 9.17) is 25.2 Å². The zero-order valence-electron chi connectivity index (χ0n) is 23.9. The largest absolute Gasteiger partial charge is 0.483 e. The fourth-order valence-corrected chi connectivity index (χ4v) is 4.04. The van der Waals surface area contributed by atoms with Gasteiger partial charge in [0, 0.05) is 11.3 Å². The number of nitrogens with zero attached hydrogens (tertiary/aromatic N) is 2. The van der Waals surface area contributed by atoms with Gasteiger partial charge in [0.15, 0.2) is 5.13 Å². The highest BCUT2D eigenvalue weighted by atomic mass is 32.1. The fraction of sp³-hybridized carbons (Fsp3) is 0.250. The Morgan fingerprint density at radius 1 is 0.878 bits per heavy atom. The summed E-state index contributed by atoms with van der Waals surface area (Å²) >= 11 is 1.30. The molecule has 0 atom stereocenters. The molecular weight excluding hydrogens is 538 g/mol. The Balaban J connectivity index is 0.000000262. The molecule has 0 bridgehead atoms. The smallest absolute Gasteiger partial charge is 0.353 e. The van der Waals surface area contributed by atoms with E-state index in [1.54, 1.807) is 40.0 Å². The molecule has 0 unspecified atom stereocenters. The van der Waals surface area contributed by atoms with Gasteiger partial charge in [-0.3, -0.25) is 4.79 Å². The highest BCUT2D eigenvalue weighted by Crippen LogP contribution is 2.31. The monoisotopic (exact) mass is 575 g/mol. The number of hydrogen-bond acceptors (Lipinski definition) is 8. The van der Waals surface area contributed by atoms with Gasteiger partial charge in [-0.05, 0) is 51.3 Å². The van der Waals surface area contributed by atoms with Gasteiger partial charge in [0.2, 0.25) is 5.60 Å². The molecule has 0 aliphatic carbocycles. The number of esters is 1. The summed E-state index contributed by atoms with van der Waals surface area (Å²) in [6.45, 7) is 8.31. The van der Waals surface area contributed by atoms with E-state index >= 15 is 0 Å². The average Bonchev–Trinajstić information content (AvgIpc) is 3.35. The molecule has 0 fully saturated rings. The third-order valence-electron chi connectivity index (χ3n) is 5.29. The molecule has 0 amide bonds. The van der Waals surface area contributed by atoms with Gasteiger partial charge in [0.05, 0.1) is 11.9 Å². The van der Waals surface area contributed by atoms with E-state index in [9.17, 15) is 4.79 Å². The summed E-state index contributed by atoms with van der Waals surface area (Å²) in [5, 5.41) is 12.8. The first-order valence-corrected chi connectivity index (χ1v) is 13.7. The van der Waals surface area contributed by atoms with Gasteiger partial charge in [-0.1, -0.05) is 96.2 Å². The van der Waals surface area contributed by atoms with Crippen molar-refractivity contribution in [2.75, 3.05) is 5.73 Å². The summed E-state index contributed by atoms with van der Waals surface area (Å²) in [6, 6.07) is 32.0. The number of benzene rings is 3. The van der Waals surface area contributed by atoms with E-state index in [0.29, 0.717) is 16.7 Å². The van der Waals surface area contributed by atoms with E-state index in [1.165, 1.54) is 34.2 Å². The lowest BCUT2D eigenvalue weighted by Crippen LogP contribution is -2.39. The number of carboxylic acid groups (broad SMARTS) is 1. The number of aromatic nitrogens is 1. The fourth-order valence-electron chi connectivity index (χ4n) is 3.52. The van der Waals surface area contributed by atoms with Crippen LogP contribution >= 0.6 is 11.3 Å². The lowest BCUT2D eigenvalue weighted by Gasteiger charge is -2.26. The zero-order valence-corrected chi connectivity index (χ0v) is 24.7. The molecule has 0 spiro atoms. The molecule has 9 heteroatoms. The predicted octanol–water partition coefficient (Wildman–Crippen LogP) is 6.76. The first kappa shape index (κ1) is 32.7. The Bertz CT molecular complexity index is 1260. The number of hydrogen-bond donors (Lipinski definition) is 2. The topological polar surface area (TPSA) is 124 Å². The second-order valence-electron chi connectivity index (χ2n) is 10.2. The molecule has 4 rings (SSSR count). The van der Waals surface area contributed by atoms with Crippen molar-refractivity contribution in [3.63, 3.8) is 0 Å². The van der Waals surface area contributed by atoms with Crippen LogP contribution in [-0.4, -0.2) is 39.9 Å². The molecule has 0 saturated carbocycles. The third kappa shape index (κ3) is 11.6. The van der Waals surface area contributed by atoms with E-state index < -0.39 is 17.2 Å². The number of rotatable bonds is 7. The summed E-state index contributed by atoms with van der Waals surface area (Å²) in [5.74, 6) is -0.168. The van der Waals surface area contributed by atoms with Crippen LogP contribution in [0.4, 0.5) is 5.13 Å². The Kier molecular flexibility index (Phi) is 12.7. The normalized spacial score (nSPS) is 11.1. The standard InChI is InChI=1S/C19H16.C12H19N3O3S.CH2O2/c1-4-10-16(11-5-1)19(17-12-6-2-7-13-17)18-14-8-3-9-15-18;1-11(2,3)17-9(16)12(4,5)18-14-6-8-7-19-10(13)15-8;2-1-3/h1-15,19H;6-7H,1-5H3,(H2,13,15);1H,(H,2,3). The summed E-state index contributed by atoms with van der Waals surface area (Å²) in [6.07, 6.45) is 1.40. The van der Waals surface area contributed by atoms with E-state index in [0.717, 1.165) is 0 Å². The summed E-state index contributed by atoms with van der Waals surface area (Å²) in [4.78, 5) is 29.4. The Morgan fingerprint density at radius 3 is 1.63 bits per heavy atom. The first-order chi connectivity index (χ1) is 19.5. The van der Waals surface area contributed by atoms with Crippen LogP contribution in [0.1, 0.15) is 62.9 Å². The molecule has 216 valence electrons. The number of nitrogen functional groups attached to an aromatic ring is 1. The van der Waals surface area contributed by atoms with Crippen LogP contribution in [0.5, 0.6) is 0 Å². The SMILES string of the molecule is CC(C)(C)OC(=O)C(C)(C)ON=Cc1csc(N)n1.O=CO.c1ccc(C(c2ccccc2)c2ccccc2)cc1. The van der Waals surface area contributed by atoms with E-state index in [-0.39, 0.29) is 6.47 Å². The minimum atomic E-state index is -1.16.